The van der Waals surface area contributed by atoms with Crippen molar-refractivity contribution in [3.05, 3.63) is 70.8 Å². The molecule has 2 aromatic rings. The average Bonchev–Trinajstić information content (AvgIpc) is 3.54. The van der Waals surface area contributed by atoms with Crippen LogP contribution in [-0.2, 0) is 29.3 Å². The Morgan fingerprint density at radius 1 is 0.586 bits per heavy atom. The van der Waals surface area contributed by atoms with Gasteiger partial charge < -0.3 is 4.74 Å². The molecule has 0 unspecified atom stereocenters. The van der Waals surface area contributed by atoms with Crippen molar-refractivity contribution in [1.82, 2.24) is 0 Å². The number of ether oxygens (including phenoxy) is 1. The molecule has 0 bridgehead atoms. The minimum absolute atomic E-state index is 0.0705. The highest BCUT2D eigenvalue weighted by molar-refractivity contribution is 5.33. The number of benzene rings is 2. The van der Waals surface area contributed by atoms with Gasteiger partial charge in [0.15, 0.2) is 0 Å². The molecule has 11 heteroatoms. The van der Waals surface area contributed by atoms with E-state index in [9.17, 15) is 26.3 Å². The number of alkyl halides is 6. The zero-order valence-electron chi connectivity index (χ0n) is 14.5. The van der Waals surface area contributed by atoms with Crippen molar-refractivity contribution in [3.63, 3.8) is 0 Å². The summed E-state index contributed by atoms with van der Waals surface area (Å²) in [6, 6.07) is 11.1. The van der Waals surface area contributed by atoms with Crippen LogP contribution in [-0.4, -0.2) is 12.4 Å². The number of halogens is 6. The second kappa shape index (κ2) is 6.34. The van der Waals surface area contributed by atoms with Gasteiger partial charge in [0.25, 0.3) is 0 Å². The summed E-state index contributed by atoms with van der Waals surface area (Å²) in [6.45, 7) is 0.235. The predicted octanol–water partition coefficient (Wildman–Crippen LogP) is 5.77. The van der Waals surface area contributed by atoms with E-state index < -0.39 is 23.7 Å². The molecule has 0 fully saturated rings. The Bertz CT molecular complexity index is 872. The normalized spacial score (nSPS) is 18.7. The van der Waals surface area contributed by atoms with Crippen molar-refractivity contribution < 1.29 is 31.1 Å². The maximum absolute atomic E-state index is 13.0. The van der Waals surface area contributed by atoms with Gasteiger partial charge >= 0.3 is 23.7 Å². The summed E-state index contributed by atoms with van der Waals surface area (Å²) < 4.78 is 83.2. The summed E-state index contributed by atoms with van der Waals surface area (Å²) in [5.74, 6) is 0. The first-order valence-corrected chi connectivity index (χ1v) is 8.36. The molecular weight excluding hydrogens is 402 g/mol. The summed E-state index contributed by atoms with van der Waals surface area (Å²) in [7, 11) is 0. The zero-order valence-corrected chi connectivity index (χ0v) is 14.5. The second-order valence-electron chi connectivity index (χ2n) is 6.63. The fraction of sp³-hybridized carbons (Fsp3) is 0.333. The van der Waals surface area contributed by atoms with E-state index in [1.54, 1.807) is 0 Å². The molecule has 2 aliphatic rings. The Hall–Kier alpha value is -2.82. The van der Waals surface area contributed by atoms with Gasteiger partial charge in [-0.05, 0) is 11.1 Å². The van der Waals surface area contributed by atoms with E-state index in [0.29, 0.717) is 11.1 Å². The van der Waals surface area contributed by atoms with Gasteiger partial charge in [0.05, 0.1) is 13.2 Å². The summed E-state index contributed by atoms with van der Waals surface area (Å²) in [6.07, 6.45) is -9.16. The second-order valence-corrected chi connectivity index (χ2v) is 6.63. The van der Waals surface area contributed by atoms with Crippen molar-refractivity contribution in [3.8, 4) is 0 Å². The standard InChI is InChI=1S/C18H12F6N4O/c19-17(20,21)15(25-26-15)13-5-1-11(2-6-13)9-29-10-12-3-7-14(8-4-12)16(27-28-16)18(22,23)24/h1-8H,9-10H2. The van der Waals surface area contributed by atoms with E-state index in [1.165, 1.54) is 48.5 Å². The van der Waals surface area contributed by atoms with Crippen molar-refractivity contribution in [1.29, 1.82) is 0 Å². The summed E-state index contributed by atoms with van der Waals surface area (Å²) in [5.41, 5.74) is -3.79. The van der Waals surface area contributed by atoms with E-state index in [2.05, 4.69) is 20.5 Å². The molecule has 0 atom stereocenters. The quantitative estimate of drug-likeness (QED) is 0.554. The Balaban J connectivity index is 1.32. The van der Waals surface area contributed by atoms with Crippen LogP contribution in [0.3, 0.4) is 0 Å². The molecule has 2 aromatic carbocycles. The third kappa shape index (κ3) is 3.39. The molecule has 29 heavy (non-hydrogen) atoms. The number of hydrogen-bond acceptors (Lipinski definition) is 5. The lowest BCUT2D eigenvalue weighted by atomic mass is 10.0. The van der Waals surface area contributed by atoms with Crippen molar-refractivity contribution in [2.75, 3.05) is 0 Å². The van der Waals surface area contributed by atoms with E-state index >= 15 is 0 Å². The number of rotatable bonds is 6. The lowest BCUT2D eigenvalue weighted by molar-refractivity contribution is -0.166. The molecule has 0 amide bonds. The van der Waals surface area contributed by atoms with Gasteiger partial charge in [-0.1, -0.05) is 48.5 Å². The maximum Gasteiger partial charge on any atom is 0.442 e. The minimum atomic E-state index is -4.58. The number of nitrogens with zero attached hydrogens (tertiary/aromatic N) is 4. The third-order valence-electron chi connectivity index (χ3n) is 4.64. The van der Waals surface area contributed by atoms with Crippen LogP contribution in [0.2, 0.25) is 0 Å². The fourth-order valence-corrected chi connectivity index (χ4v) is 2.84. The van der Waals surface area contributed by atoms with Gasteiger partial charge in [0.1, 0.15) is 0 Å². The Labute approximate surface area is 160 Å². The van der Waals surface area contributed by atoms with Crippen LogP contribution in [0.25, 0.3) is 0 Å². The van der Waals surface area contributed by atoms with Gasteiger partial charge in [0.2, 0.25) is 0 Å². The van der Waals surface area contributed by atoms with Crippen molar-refractivity contribution >= 4 is 0 Å². The van der Waals surface area contributed by atoms with Crippen molar-refractivity contribution in [2.45, 2.75) is 36.9 Å². The van der Waals surface area contributed by atoms with Gasteiger partial charge in [0, 0.05) is 11.1 Å². The first-order chi connectivity index (χ1) is 13.6. The molecule has 0 saturated heterocycles. The molecule has 4 rings (SSSR count). The SMILES string of the molecule is FC(F)(F)C1(c2ccc(COCc3ccc(C4(C(F)(F)F)N=N4)cc3)cc2)N=N1. The lowest BCUT2D eigenvalue weighted by Crippen LogP contribution is -2.30. The van der Waals surface area contributed by atoms with Gasteiger partial charge in [-0.25, -0.2) is 0 Å². The topological polar surface area (TPSA) is 58.7 Å². The Morgan fingerprint density at radius 2 is 0.897 bits per heavy atom. The lowest BCUT2D eigenvalue weighted by Gasteiger charge is -2.15. The zero-order chi connectivity index (χ0) is 20.9. The Morgan fingerprint density at radius 3 is 1.14 bits per heavy atom. The van der Waals surface area contributed by atoms with Crippen LogP contribution in [0, 0.1) is 0 Å². The van der Waals surface area contributed by atoms with Crippen LogP contribution in [0.15, 0.2) is 69.0 Å². The highest BCUT2D eigenvalue weighted by atomic mass is 19.4. The Kier molecular flexibility index (Phi) is 4.26. The number of hydrogen-bond donors (Lipinski definition) is 0. The summed E-state index contributed by atoms with van der Waals surface area (Å²) >= 11 is 0. The molecule has 152 valence electrons. The minimum Gasteiger partial charge on any atom is -0.372 e. The van der Waals surface area contributed by atoms with E-state index in [1.807, 2.05) is 0 Å². The average molecular weight is 414 g/mol. The molecule has 0 spiro atoms. The highest BCUT2D eigenvalue weighted by Crippen LogP contribution is 2.53. The molecule has 2 aliphatic heterocycles. The van der Waals surface area contributed by atoms with E-state index in [0.717, 1.165) is 0 Å². The van der Waals surface area contributed by atoms with Crippen LogP contribution in [0.5, 0.6) is 0 Å². The summed E-state index contributed by atoms with van der Waals surface area (Å²) in [5, 5.41) is 12.5. The third-order valence-corrected chi connectivity index (χ3v) is 4.64. The first kappa shape index (κ1) is 19.5. The molecule has 0 aromatic heterocycles. The molecule has 0 aliphatic carbocycles. The van der Waals surface area contributed by atoms with E-state index in [-0.39, 0.29) is 24.3 Å². The summed E-state index contributed by atoms with van der Waals surface area (Å²) in [4.78, 5) is 0. The van der Waals surface area contributed by atoms with Crippen LogP contribution in [0.4, 0.5) is 26.3 Å². The van der Waals surface area contributed by atoms with Crippen LogP contribution >= 0.6 is 0 Å². The predicted molar refractivity (Wildman–Crippen MR) is 86.6 cm³/mol. The van der Waals surface area contributed by atoms with Gasteiger partial charge in [-0.2, -0.15) is 26.3 Å². The smallest absolute Gasteiger partial charge is 0.372 e. The fourth-order valence-electron chi connectivity index (χ4n) is 2.84. The first-order valence-electron chi connectivity index (χ1n) is 8.36. The van der Waals surface area contributed by atoms with Gasteiger partial charge in [-0.3, -0.25) is 0 Å². The molecule has 2 heterocycles. The molecule has 0 saturated carbocycles. The monoisotopic (exact) mass is 414 g/mol. The van der Waals surface area contributed by atoms with E-state index in [4.69, 9.17) is 4.74 Å². The largest absolute Gasteiger partial charge is 0.442 e. The molecular formula is C18H12F6N4O. The maximum atomic E-state index is 13.0. The molecule has 0 radical (unpaired) electrons. The highest BCUT2D eigenvalue weighted by Gasteiger charge is 2.65. The molecule has 5 nitrogen and oxygen atoms in total. The van der Waals surface area contributed by atoms with Gasteiger partial charge in [-0.15, -0.1) is 20.5 Å². The molecule has 0 N–H and O–H groups in total. The van der Waals surface area contributed by atoms with Crippen LogP contribution in [0.1, 0.15) is 22.3 Å². The van der Waals surface area contributed by atoms with Crippen LogP contribution < -0.4 is 0 Å². The van der Waals surface area contributed by atoms with Crippen molar-refractivity contribution in [2.24, 2.45) is 20.5 Å².